The van der Waals surface area contributed by atoms with Gasteiger partial charge in [0, 0.05) is 17.3 Å². The normalized spacial score (nSPS) is 17.3. The van der Waals surface area contributed by atoms with E-state index in [0.29, 0.717) is 17.0 Å². The molecule has 6 heteroatoms. The Bertz CT molecular complexity index is 918. The molecule has 0 aliphatic carbocycles. The van der Waals surface area contributed by atoms with E-state index in [4.69, 9.17) is 0 Å². The highest BCUT2D eigenvalue weighted by Crippen LogP contribution is 2.42. The molecule has 4 nitrogen and oxygen atoms in total. The molecule has 30 heavy (non-hydrogen) atoms. The molecule has 0 radical (unpaired) electrons. The number of benzene rings is 2. The summed E-state index contributed by atoms with van der Waals surface area (Å²) in [7, 11) is 0. The number of amides is 2. The van der Waals surface area contributed by atoms with Gasteiger partial charge in [0.25, 0.3) is 0 Å². The molecule has 1 fully saturated rings. The largest absolute Gasteiger partial charge is 0.326 e. The molecule has 1 saturated heterocycles. The average Bonchev–Trinajstić information content (AvgIpc) is 3.12. The summed E-state index contributed by atoms with van der Waals surface area (Å²) < 4.78 is 14.1. The Morgan fingerprint density at radius 3 is 2.77 bits per heavy atom. The highest BCUT2D eigenvalue weighted by atomic mass is 32.2. The molecular formula is C24H29FN2O2S. The van der Waals surface area contributed by atoms with Crippen LogP contribution in [0.25, 0.3) is 0 Å². The summed E-state index contributed by atoms with van der Waals surface area (Å²) in [5.41, 5.74) is 2.74. The van der Waals surface area contributed by atoms with E-state index in [9.17, 15) is 14.0 Å². The number of nitrogens with zero attached hydrogens (tertiary/aromatic N) is 1. The third-order valence-corrected chi connectivity index (χ3v) is 6.72. The summed E-state index contributed by atoms with van der Waals surface area (Å²) in [4.78, 5) is 26.9. The second-order valence-corrected chi connectivity index (χ2v) is 8.79. The molecule has 2 aromatic rings. The smallest absolute Gasteiger partial charge is 0.238 e. The van der Waals surface area contributed by atoms with E-state index in [1.165, 1.54) is 17.8 Å². The minimum atomic E-state index is -0.324. The van der Waals surface area contributed by atoms with Crippen LogP contribution in [0, 0.1) is 18.7 Å². The molecule has 3 rings (SSSR count). The van der Waals surface area contributed by atoms with Gasteiger partial charge in [0.15, 0.2) is 0 Å². The van der Waals surface area contributed by atoms with Crippen LogP contribution in [0.5, 0.6) is 0 Å². The lowest BCUT2D eigenvalue weighted by Gasteiger charge is -2.25. The predicted molar refractivity (Wildman–Crippen MR) is 122 cm³/mol. The van der Waals surface area contributed by atoms with Crippen LogP contribution in [0.1, 0.15) is 56.0 Å². The van der Waals surface area contributed by atoms with Gasteiger partial charge in [0.1, 0.15) is 11.2 Å². The number of nitrogens with one attached hydrogen (secondary N) is 1. The highest BCUT2D eigenvalue weighted by Gasteiger charge is 2.34. The van der Waals surface area contributed by atoms with Gasteiger partial charge in [-0.3, -0.25) is 14.5 Å². The van der Waals surface area contributed by atoms with Crippen LogP contribution in [-0.2, 0) is 9.59 Å². The zero-order valence-electron chi connectivity index (χ0n) is 17.8. The van der Waals surface area contributed by atoms with Crippen LogP contribution in [0.15, 0.2) is 42.5 Å². The van der Waals surface area contributed by atoms with Crippen molar-refractivity contribution >= 4 is 35.0 Å². The molecule has 2 aromatic carbocycles. The molecular weight excluding hydrogens is 399 g/mol. The van der Waals surface area contributed by atoms with E-state index in [1.54, 1.807) is 24.0 Å². The SMILES string of the molecule is CCCC[C@@H](CC)C(=O)Nc1cccc([C@@H]2SCC(=O)N2c2ccc(C)c(F)c2)c1. The van der Waals surface area contributed by atoms with E-state index in [2.05, 4.69) is 12.2 Å². The van der Waals surface area contributed by atoms with Crippen LogP contribution >= 0.6 is 11.8 Å². The van der Waals surface area contributed by atoms with Crippen LogP contribution in [0.3, 0.4) is 0 Å². The lowest BCUT2D eigenvalue weighted by molar-refractivity contribution is -0.120. The minimum absolute atomic E-state index is 0.00284. The van der Waals surface area contributed by atoms with Gasteiger partial charge in [-0.05, 0) is 55.2 Å². The van der Waals surface area contributed by atoms with Gasteiger partial charge < -0.3 is 5.32 Å². The third-order valence-electron chi connectivity index (χ3n) is 5.51. The van der Waals surface area contributed by atoms with Crippen LogP contribution in [0.2, 0.25) is 0 Å². The van der Waals surface area contributed by atoms with Gasteiger partial charge in [-0.15, -0.1) is 11.8 Å². The van der Waals surface area contributed by atoms with Gasteiger partial charge in [-0.25, -0.2) is 4.39 Å². The molecule has 0 saturated carbocycles. The summed E-state index contributed by atoms with van der Waals surface area (Å²) in [5.74, 6) is 0.00724. The lowest BCUT2D eigenvalue weighted by Crippen LogP contribution is -2.28. The van der Waals surface area contributed by atoms with E-state index in [0.717, 1.165) is 36.9 Å². The Balaban J connectivity index is 1.81. The molecule has 2 amide bonds. The van der Waals surface area contributed by atoms with Gasteiger partial charge >= 0.3 is 0 Å². The monoisotopic (exact) mass is 428 g/mol. The topological polar surface area (TPSA) is 49.4 Å². The second-order valence-electron chi connectivity index (χ2n) is 7.72. The van der Waals surface area contributed by atoms with Crippen molar-refractivity contribution in [3.05, 3.63) is 59.4 Å². The predicted octanol–water partition coefficient (Wildman–Crippen LogP) is 6.07. The Hall–Kier alpha value is -2.34. The number of hydrogen-bond donors (Lipinski definition) is 1. The molecule has 0 bridgehead atoms. The fourth-order valence-corrected chi connectivity index (χ4v) is 4.83. The quantitative estimate of drug-likeness (QED) is 0.555. The molecule has 2 atom stereocenters. The van der Waals surface area contributed by atoms with E-state index in [1.807, 2.05) is 31.2 Å². The fourth-order valence-electron chi connectivity index (χ4n) is 3.67. The maximum Gasteiger partial charge on any atom is 0.238 e. The van der Waals surface area contributed by atoms with Crippen molar-refractivity contribution in [2.45, 2.75) is 51.8 Å². The van der Waals surface area contributed by atoms with Crippen LogP contribution in [0.4, 0.5) is 15.8 Å². The maximum atomic E-state index is 14.1. The molecule has 160 valence electrons. The number of carbonyl (C=O) groups is 2. The number of rotatable bonds is 8. The number of carbonyl (C=O) groups excluding carboxylic acids is 2. The highest BCUT2D eigenvalue weighted by molar-refractivity contribution is 8.00. The first kappa shape index (κ1) is 22.3. The summed E-state index contributed by atoms with van der Waals surface area (Å²) in [6.07, 6.45) is 3.81. The summed E-state index contributed by atoms with van der Waals surface area (Å²) in [6, 6.07) is 12.5. The van der Waals surface area contributed by atoms with Crippen LogP contribution < -0.4 is 10.2 Å². The number of unbranched alkanes of at least 4 members (excludes halogenated alkanes) is 1. The maximum absolute atomic E-state index is 14.1. The summed E-state index contributed by atoms with van der Waals surface area (Å²) in [6.45, 7) is 5.86. The van der Waals surface area contributed by atoms with Gasteiger partial charge in [-0.1, -0.05) is 44.9 Å². The molecule has 1 aliphatic rings. The van der Waals surface area contributed by atoms with Crippen molar-refractivity contribution in [2.24, 2.45) is 5.92 Å². The van der Waals surface area contributed by atoms with Crippen molar-refractivity contribution in [3.8, 4) is 0 Å². The van der Waals surface area contributed by atoms with E-state index >= 15 is 0 Å². The first-order chi connectivity index (χ1) is 14.4. The zero-order chi connectivity index (χ0) is 21.7. The number of aryl methyl sites for hydroxylation is 1. The standard InChI is InChI=1S/C24H29FN2O2S/c1-4-6-8-17(5-2)23(29)26-19-10-7-9-18(13-19)24-27(22(28)15-30-24)20-12-11-16(3)21(25)14-20/h7,9-14,17,24H,4-6,8,15H2,1-3H3,(H,26,29)/t17-,24+/m1/s1. The molecule has 1 N–H and O–H groups in total. The molecule has 0 aromatic heterocycles. The van der Waals surface area contributed by atoms with Crippen molar-refractivity contribution in [3.63, 3.8) is 0 Å². The lowest BCUT2D eigenvalue weighted by atomic mass is 9.98. The first-order valence-electron chi connectivity index (χ1n) is 10.5. The van der Waals surface area contributed by atoms with Crippen molar-refractivity contribution in [1.82, 2.24) is 0 Å². The summed E-state index contributed by atoms with van der Waals surface area (Å²) in [5, 5.41) is 2.79. The van der Waals surface area contributed by atoms with Crippen molar-refractivity contribution in [2.75, 3.05) is 16.0 Å². The number of thioether (sulfide) groups is 1. The van der Waals surface area contributed by atoms with Crippen molar-refractivity contribution in [1.29, 1.82) is 0 Å². The second kappa shape index (κ2) is 10.1. The number of halogens is 1. The van der Waals surface area contributed by atoms with Gasteiger partial charge in [0.05, 0.1) is 5.75 Å². The Morgan fingerprint density at radius 1 is 1.27 bits per heavy atom. The first-order valence-corrected chi connectivity index (χ1v) is 11.6. The number of hydrogen-bond acceptors (Lipinski definition) is 3. The minimum Gasteiger partial charge on any atom is -0.326 e. The van der Waals surface area contributed by atoms with Crippen LogP contribution in [-0.4, -0.2) is 17.6 Å². The molecule has 1 aliphatic heterocycles. The van der Waals surface area contributed by atoms with Gasteiger partial charge in [0.2, 0.25) is 11.8 Å². The van der Waals surface area contributed by atoms with E-state index < -0.39 is 0 Å². The third kappa shape index (κ3) is 5.04. The number of anilines is 2. The Morgan fingerprint density at radius 2 is 2.07 bits per heavy atom. The fraction of sp³-hybridized carbons (Fsp3) is 0.417. The van der Waals surface area contributed by atoms with E-state index in [-0.39, 0.29) is 28.9 Å². The Kier molecular flexibility index (Phi) is 7.53. The zero-order valence-corrected chi connectivity index (χ0v) is 18.6. The van der Waals surface area contributed by atoms with Gasteiger partial charge in [-0.2, -0.15) is 0 Å². The summed E-state index contributed by atoms with van der Waals surface area (Å²) >= 11 is 1.51. The van der Waals surface area contributed by atoms with Crippen molar-refractivity contribution < 1.29 is 14.0 Å². The average molecular weight is 429 g/mol. The molecule has 1 heterocycles. The Labute approximate surface area is 182 Å². The molecule has 0 spiro atoms. The molecule has 0 unspecified atom stereocenters.